The van der Waals surface area contributed by atoms with Gasteiger partial charge in [-0.2, -0.15) is 0 Å². The van der Waals surface area contributed by atoms with E-state index in [1.54, 1.807) is 0 Å². The van der Waals surface area contributed by atoms with Gasteiger partial charge in [-0.3, -0.25) is 0 Å². The van der Waals surface area contributed by atoms with Crippen molar-refractivity contribution in [1.29, 1.82) is 0 Å². The Kier molecular flexibility index (Phi) is 6.46. The van der Waals surface area contributed by atoms with Crippen molar-refractivity contribution in [3.8, 4) is 0 Å². The highest BCUT2D eigenvalue weighted by atomic mass is 16.5. The SMILES string of the molecule is CCOC(=O)C1=CCC([C@H]2CC[C@H](NCc3ccccc3)CC2)C=C1. The summed E-state index contributed by atoms with van der Waals surface area (Å²) in [4.78, 5) is 11.8. The fraction of sp³-hybridized carbons (Fsp3) is 0.500. The Morgan fingerprint density at radius 2 is 1.92 bits per heavy atom. The number of hydrogen-bond acceptors (Lipinski definition) is 3. The van der Waals surface area contributed by atoms with Gasteiger partial charge in [-0.1, -0.05) is 48.6 Å². The van der Waals surface area contributed by atoms with Gasteiger partial charge in [0.05, 0.1) is 12.2 Å². The molecule has 0 saturated heterocycles. The predicted molar refractivity (Wildman–Crippen MR) is 101 cm³/mol. The quantitative estimate of drug-likeness (QED) is 0.781. The van der Waals surface area contributed by atoms with Crippen molar-refractivity contribution in [2.45, 2.75) is 51.6 Å². The van der Waals surface area contributed by atoms with E-state index in [1.807, 2.05) is 13.0 Å². The van der Waals surface area contributed by atoms with Crippen LogP contribution in [0.5, 0.6) is 0 Å². The Hall–Kier alpha value is -1.87. The molecule has 3 rings (SSSR count). The molecule has 1 saturated carbocycles. The highest BCUT2D eigenvalue weighted by Crippen LogP contribution is 2.35. The second kappa shape index (κ2) is 9.00. The van der Waals surface area contributed by atoms with E-state index >= 15 is 0 Å². The zero-order valence-electron chi connectivity index (χ0n) is 15.1. The van der Waals surface area contributed by atoms with Crippen LogP contribution in [0, 0.1) is 11.8 Å². The molecule has 0 amide bonds. The van der Waals surface area contributed by atoms with Crippen molar-refractivity contribution >= 4 is 5.97 Å². The summed E-state index contributed by atoms with van der Waals surface area (Å²) in [7, 11) is 0. The molecule has 1 aromatic rings. The molecule has 0 bridgehead atoms. The molecule has 25 heavy (non-hydrogen) atoms. The number of esters is 1. The monoisotopic (exact) mass is 339 g/mol. The summed E-state index contributed by atoms with van der Waals surface area (Å²) in [6.07, 6.45) is 12.3. The van der Waals surface area contributed by atoms with Crippen molar-refractivity contribution in [2.75, 3.05) is 6.61 Å². The minimum Gasteiger partial charge on any atom is -0.462 e. The molecule has 2 aliphatic carbocycles. The Labute approximate surface area is 151 Å². The number of hydrogen-bond donors (Lipinski definition) is 1. The number of benzene rings is 1. The van der Waals surface area contributed by atoms with Crippen LogP contribution in [0.25, 0.3) is 0 Å². The lowest BCUT2D eigenvalue weighted by atomic mass is 9.75. The first-order valence-electron chi connectivity index (χ1n) is 9.59. The summed E-state index contributed by atoms with van der Waals surface area (Å²) in [6, 6.07) is 11.3. The van der Waals surface area contributed by atoms with Crippen LogP contribution < -0.4 is 5.32 Å². The molecule has 3 heteroatoms. The van der Waals surface area contributed by atoms with E-state index in [9.17, 15) is 4.79 Å². The zero-order chi connectivity index (χ0) is 17.5. The Morgan fingerprint density at radius 1 is 1.16 bits per heavy atom. The van der Waals surface area contributed by atoms with Crippen LogP contribution in [-0.2, 0) is 16.1 Å². The maximum atomic E-state index is 11.8. The van der Waals surface area contributed by atoms with Crippen LogP contribution in [0.3, 0.4) is 0 Å². The van der Waals surface area contributed by atoms with Gasteiger partial charge < -0.3 is 10.1 Å². The summed E-state index contributed by atoms with van der Waals surface area (Å²) in [5.41, 5.74) is 2.08. The van der Waals surface area contributed by atoms with Crippen LogP contribution in [0.1, 0.15) is 44.6 Å². The molecule has 0 radical (unpaired) electrons. The first kappa shape index (κ1) is 17.9. The highest BCUT2D eigenvalue weighted by molar-refractivity contribution is 5.91. The van der Waals surface area contributed by atoms with Crippen molar-refractivity contribution < 1.29 is 9.53 Å². The number of allylic oxidation sites excluding steroid dienone is 2. The molecular formula is C22H29NO2. The fourth-order valence-electron chi connectivity index (χ4n) is 3.96. The average Bonchev–Trinajstić information content (AvgIpc) is 2.68. The largest absolute Gasteiger partial charge is 0.462 e. The van der Waals surface area contributed by atoms with E-state index in [-0.39, 0.29) is 5.97 Å². The van der Waals surface area contributed by atoms with Crippen molar-refractivity contribution in [3.05, 3.63) is 59.7 Å². The number of carbonyl (C=O) groups excluding carboxylic acids is 1. The second-order valence-corrected chi connectivity index (χ2v) is 7.12. The Balaban J connectivity index is 1.41. The molecule has 1 N–H and O–H groups in total. The Bertz CT molecular complexity index is 612. The summed E-state index contributed by atoms with van der Waals surface area (Å²) in [5.74, 6) is 1.13. The van der Waals surface area contributed by atoms with Gasteiger partial charge in [-0.25, -0.2) is 4.79 Å². The summed E-state index contributed by atoms with van der Waals surface area (Å²) in [6.45, 7) is 3.25. The molecule has 1 fully saturated rings. The summed E-state index contributed by atoms with van der Waals surface area (Å²) >= 11 is 0. The summed E-state index contributed by atoms with van der Waals surface area (Å²) in [5, 5.41) is 3.71. The maximum absolute atomic E-state index is 11.8. The molecule has 1 aromatic carbocycles. The molecular weight excluding hydrogens is 310 g/mol. The maximum Gasteiger partial charge on any atom is 0.337 e. The van der Waals surface area contributed by atoms with Crippen LogP contribution in [0.2, 0.25) is 0 Å². The standard InChI is InChI=1S/C22H29NO2/c1-2-25-22(24)20-10-8-18(9-11-20)19-12-14-21(15-13-19)23-16-17-6-4-3-5-7-17/h3-8,10-11,18-19,21,23H,2,9,12-16H2,1H3/t18?,19-,21-. The van der Waals surface area contributed by atoms with Gasteiger partial charge in [0.2, 0.25) is 0 Å². The van der Waals surface area contributed by atoms with Crippen LogP contribution in [-0.4, -0.2) is 18.6 Å². The lowest BCUT2D eigenvalue weighted by Crippen LogP contribution is -2.34. The van der Waals surface area contributed by atoms with Gasteiger partial charge in [-0.15, -0.1) is 0 Å². The number of nitrogens with one attached hydrogen (secondary N) is 1. The molecule has 2 aliphatic rings. The molecule has 0 heterocycles. The van der Waals surface area contributed by atoms with Gasteiger partial charge >= 0.3 is 5.97 Å². The third-order valence-corrected chi connectivity index (χ3v) is 5.46. The summed E-state index contributed by atoms with van der Waals surface area (Å²) < 4.78 is 5.07. The average molecular weight is 339 g/mol. The van der Waals surface area contributed by atoms with E-state index in [4.69, 9.17) is 4.74 Å². The minimum absolute atomic E-state index is 0.189. The predicted octanol–water partition coefficient (Wildman–Crippen LogP) is 4.40. The zero-order valence-corrected chi connectivity index (χ0v) is 15.1. The second-order valence-electron chi connectivity index (χ2n) is 7.12. The molecule has 134 valence electrons. The van der Waals surface area contributed by atoms with Gasteiger partial charge in [-0.05, 0) is 56.4 Å². The molecule has 1 unspecified atom stereocenters. The van der Waals surface area contributed by atoms with Crippen LogP contribution >= 0.6 is 0 Å². The molecule has 3 nitrogen and oxygen atoms in total. The molecule has 0 aromatic heterocycles. The molecule has 1 atom stereocenters. The van der Waals surface area contributed by atoms with E-state index in [1.165, 1.54) is 31.2 Å². The van der Waals surface area contributed by atoms with Crippen LogP contribution in [0.15, 0.2) is 54.1 Å². The van der Waals surface area contributed by atoms with Crippen molar-refractivity contribution in [2.24, 2.45) is 11.8 Å². The smallest absolute Gasteiger partial charge is 0.337 e. The van der Waals surface area contributed by atoms with Crippen molar-refractivity contribution in [1.82, 2.24) is 5.32 Å². The van der Waals surface area contributed by atoms with Gasteiger partial charge in [0.25, 0.3) is 0 Å². The lowest BCUT2D eigenvalue weighted by Gasteiger charge is -2.33. The topological polar surface area (TPSA) is 38.3 Å². The first-order chi connectivity index (χ1) is 12.3. The van der Waals surface area contributed by atoms with Crippen molar-refractivity contribution in [3.63, 3.8) is 0 Å². The van der Waals surface area contributed by atoms with Gasteiger partial charge in [0, 0.05) is 12.6 Å². The first-order valence-corrected chi connectivity index (χ1v) is 9.59. The van der Waals surface area contributed by atoms with E-state index in [0.29, 0.717) is 18.6 Å². The van der Waals surface area contributed by atoms with Gasteiger partial charge in [0.1, 0.15) is 0 Å². The normalized spacial score (nSPS) is 26.1. The fourth-order valence-corrected chi connectivity index (χ4v) is 3.96. The number of rotatable bonds is 6. The highest BCUT2D eigenvalue weighted by Gasteiger charge is 2.27. The Morgan fingerprint density at radius 3 is 2.56 bits per heavy atom. The molecule has 0 aliphatic heterocycles. The van der Waals surface area contributed by atoms with Crippen LogP contribution in [0.4, 0.5) is 0 Å². The lowest BCUT2D eigenvalue weighted by molar-refractivity contribution is -0.138. The van der Waals surface area contributed by atoms with E-state index < -0.39 is 0 Å². The van der Waals surface area contributed by atoms with E-state index in [0.717, 1.165) is 24.5 Å². The number of carbonyl (C=O) groups is 1. The third-order valence-electron chi connectivity index (χ3n) is 5.46. The third kappa shape index (κ3) is 5.05. The van der Waals surface area contributed by atoms with E-state index in [2.05, 4.69) is 47.8 Å². The minimum atomic E-state index is -0.189. The number of ether oxygens (including phenoxy) is 1. The molecule has 0 spiro atoms. The van der Waals surface area contributed by atoms with Gasteiger partial charge in [0.15, 0.2) is 0 Å².